The molecule has 1 saturated carbocycles. The van der Waals surface area contributed by atoms with Gasteiger partial charge >= 0.3 is 5.69 Å². The fourth-order valence-corrected chi connectivity index (χ4v) is 7.08. The lowest BCUT2D eigenvalue weighted by Crippen LogP contribution is -2.45. The van der Waals surface area contributed by atoms with Crippen LogP contribution in [-0.2, 0) is 20.8 Å². The first-order chi connectivity index (χ1) is 21.3. The van der Waals surface area contributed by atoms with Crippen molar-refractivity contribution < 1.29 is 23.4 Å². The molecule has 1 aromatic carbocycles. The number of ether oxygens (including phenoxy) is 3. The minimum atomic E-state index is -0.952. The van der Waals surface area contributed by atoms with Crippen LogP contribution >= 0.6 is 11.3 Å². The molecule has 2 atom stereocenters. The van der Waals surface area contributed by atoms with Gasteiger partial charge in [-0.1, -0.05) is 24.7 Å². The van der Waals surface area contributed by atoms with Gasteiger partial charge in [0.1, 0.15) is 33.5 Å². The zero-order valence-corrected chi connectivity index (χ0v) is 25.6. The number of nitrogens with one attached hydrogen (secondary N) is 1. The lowest BCUT2D eigenvalue weighted by atomic mass is 9.91. The van der Waals surface area contributed by atoms with Crippen LogP contribution in [0.3, 0.4) is 0 Å². The summed E-state index contributed by atoms with van der Waals surface area (Å²) in [5.74, 6) is -0.462. The lowest BCUT2D eigenvalue weighted by Gasteiger charge is -2.37. The number of aryl methyl sites for hydroxylation is 1. The van der Waals surface area contributed by atoms with Gasteiger partial charge in [-0.15, -0.1) is 4.80 Å². The van der Waals surface area contributed by atoms with Crippen LogP contribution in [0.25, 0.3) is 15.2 Å². The smallest absolute Gasteiger partial charge is 0.332 e. The van der Waals surface area contributed by atoms with Crippen LogP contribution in [0.15, 0.2) is 40.2 Å². The van der Waals surface area contributed by atoms with E-state index in [2.05, 4.69) is 22.4 Å². The molecule has 1 saturated heterocycles. The third-order valence-corrected chi connectivity index (χ3v) is 9.58. The molecule has 234 valence electrons. The van der Waals surface area contributed by atoms with E-state index in [-0.39, 0.29) is 24.7 Å². The van der Waals surface area contributed by atoms with Gasteiger partial charge in [0.05, 0.1) is 43.6 Å². The summed E-state index contributed by atoms with van der Waals surface area (Å²) >= 11 is 1.20. The average Bonchev–Trinajstić information content (AvgIpc) is 3.74. The van der Waals surface area contributed by atoms with Crippen LogP contribution in [0.4, 0.5) is 4.39 Å². The van der Waals surface area contributed by atoms with Crippen molar-refractivity contribution in [1.29, 1.82) is 0 Å². The van der Waals surface area contributed by atoms with Gasteiger partial charge in [0.2, 0.25) is 5.91 Å². The van der Waals surface area contributed by atoms with Crippen molar-refractivity contribution in [3.05, 3.63) is 68.4 Å². The van der Waals surface area contributed by atoms with Crippen LogP contribution in [0.5, 0.6) is 5.75 Å². The Morgan fingerprint density at radius 1 is 1.16 bits per heavy atom. The predicted octanol–water partition coefficient (Wildman–Crippen LogP) is 3.43. The molecule has 1 amide bonds. The van der Waals surface area contributed by atoms with Gasteiger partial charge in [-0.3, -0.25) is 14.2 Å². The third-order valence-electron chi connectivity index (χ3n) is 8.30. The fourth-order valence-electron chi connectivity index (χ4n) is 5.86. The number of aromatic nitrogens is 5. The minimum absolute atomic E-state index is 0.0620. The third kappa shape index (κ3) is 5.57. The second kappa shape index (κ2) is 12.6. The Morgan fingerprint density at radius 3 is 2.61 bits per heavy atom. The Kier molecular flexibility index (Phi) is 8.65. The van der Waals surface area contributed by atoms with Gasteiger partial charge in [0.25, 0.3) is 5.56 Å². The molecular weight excluding hydrogens is 591 g/mol. The molecule has 44 heavy (non-hydrogen) atoms. The largest absolute Gasteiger partial charge is 0.496 e. The topological polar surface area (TPSA) is 132 Å². The van der Waals surface area contributed by atoms with Crippen LogP contribution in [0.2, 0.25) is 0 Å². The van der Waals surface area contributed by atoms with E-state index < -0.39 is 29.2 Å². The number of carbonyl (C=O) groups is 1. The monoisotopic (exact) mass is 626 g/mol. The highest BCUT2D eigenvalue weighted by atomic mass is 32.1. The van der Waals surface area contributed by atoms with Crippen LogP contribution in [-0.4, -0.2) is 62.5 Å². The Hall–Kier alpha value is -3.88. The molecule has 4 aromatic rings. The Labute approximate surface area is 256 Å². The summed E-state index contributed by atoms with van der Waals surface area (Å²) in [5, 5.41) is 12.0. The van der Waals surface area contributed by atoms with Crippen molar-refractivity contribution in [3.63, 3.8) is 0 Å². The van der Waals surface area contributed by atoms with Crippen molar-refractivity contribution in [2.24, 2.45) is 0 Å². The predicted molar refractivity (Wildman–Crippen MR) is 161 cm³/mol. The molecule has 2 fully saturated rings. The number of rotatable bonds is 12. The number of hydrogen-bond donors (Lipinski definition) is 1. The number of nitrogens with zero attached hydrogens (tertiary/aromatic N) is 5. The number of amides is 1. The van der Waals surface area contributed by atoms with Gasteiger partial charge < -0.3 is 19.5 Å². The number of thiophene rings is 1. The van der Waals surface area contributed by atoms with Gasteiger partial charge in [0, 0.05) is 24.3 Å². The SMILES string of the molecule is CCCCOC1CC(O[C@@H](Cn2c(=O)n([C@@H]3CCNC3=O)c(=O)c3c(C)c(-n4nccn4)sc32)c2cc(F)ccc2OC)C1. The zero-order chi connectivity index (χ0) is 31.0. The number of halogens is 1. The highest BCUT2D eigenvalue weighted by Gasteiger charge is 2.36. The van der Waals surface area contributed by atoms with Crippen molar-refractivity contribution >= 4 is 27.5 Å². The van der Waals surface area contributed by atoms with Gasteiger partial charge in [-0.25, -0.2) is 13.8 Å². The first-order valence-electron chi connectivity index (χ1n) is 14.8. The fraction of sp³-hybridized carbons (Fsp3) is 0.500. The number of fused-ring (bicyclic) bond motifs is 1. The van der Waals surface area contributed by atoms with Crippen LogP contribution in [0, 0.1) is 12.7 Å². The van der Waals surface area contributed by atoms with E-state index >= 15 is 0 Å². The molecule has 1 aliphatic heterocycles. The van der Waals surface area contributed by atoms with Crippen molar-refractivity contribution in [3.8, 4) is 10.8 Å². The molecule has 2 aliphatic rings. The van der Waals surface area contributed by atoms with Gasteiger partial charge in [-0.2, -0.15) is 10.2 Å². The van der Waals surface area contributed by atoms with E-state index in [4.69, 9.17) is 14.2 Å². The van der Waals surface area contributed by atoms with Crippen LogP contribution < -0.4 is 21.3 Å². The number of carbonyl (C=O) groups excluding carboxylic acids is 1. The van der Waals surface area contributed by atoms with Gasteiger partial charge in [-0.05, 0) is 50.8 Å². The quantitative estimate of drug-likeness (QED) is 0.237. The van der Waals surface area contributed by atoms with Crippen molar-refractivity contribution in [2.45, 2.75) is 76.9 Å². The summed E-state index contributed by atoms with van der Waals surface area (Å²) in [7, 11) is 1.49. The highest BCUT2D eigenvalue weighted by molar-refractivity contribution is 7.21. The molecule has 14 heteroatoms. The summed E-state index contributed by atoms with van der Waals surface area (Å²) in [6.45, 7) is 4.85. The molecule has 1 aliphatic carbocycles. The summed E-state index contributed by atoms with van der Waals surface area (Å²) in [6.07, 6.45) is 5.77. The Morgan fingerprint density at radius 2 is 1.93 bits per heavy atom. The highest BCUT2D eigenvalue weighted by Crippen LogP contribution is 2.37. The number of hydrogen-bond acceptors (Lipinski definition) is 9. The summed E-state index contributed by atoms with van der Waals surface area (Å²) in [6, 6.07) is 3.22. The zero-order valence-electron chi connectivity index (χ0n) is 24.8. The molecule has 0 bridgehead atoms. The van der Waals surface area contributed by atoms with Crippen molar-refractivity contribution in [2.75, 3.05) is 20.3 Å². The second-order valence-corrected chi connectivity index (χ2v) is 12.1. The first kappa shape index (κ1) is 30.2. The van der Waals surface area contributed by atoms with E-state index in [1.54, 1.807) is 6.92 Å². The number of benzene rings is 1. The first-order valence-corrected chi connectivity index (χ1v) is 15.7. The Balaban J connectivity index is 1.46. The molecule has 6 rings (SSSR count). The average molecular weight is 627 g/mol. The van der Waals surface area contributed by atoms with E-state index in [0.29, 0.717) is 64.5 Å². The molecule has 0 unspecified atom stereocenters. The normalized spacial score (nSPS) is 20.5. The molecule has 12 nitrogen and oxygen atoms in total. The molecule has 4 heterocycles. The molecule has 3 aromatic heterocycles. The van der Waals surface area contributed by atoms with Crippen molar-refractivity contribution in [1.82, 2.24) is 29.4 Å². The minimum Gasteiger partial charge on any atom is -0.496 e. The number of unbranched alkanes of at least 4 members (excludes halogenated alkanes) is 1. The Bertz CT molecular complexity index is 1780. The van der Waals surface area contributed by atoms with E-state index in [9.17, 15) is 18.8 Å². The summed E-state index contributed by atoms with van der Waals surface area (Å²) in [5.41, 5.74) is -0.188. The van der Waals surface area contributed by atoms with E-state index in [1.807, 2.05) is 0 Å². The molecule has 0 radical (unpaired) electrons. The van der Waals surface area contributed by atoms with Crippen LogP contribution in [0.1, 0.15) is 62.3 Å². The van der Waals surface area contributed by atoms with Gasteiger partial charge in [0.15, 0.2) is 0 Å². The maximum atomic E-state index is 14.7. The second-order valence-electron chi connectivity index (χ2n) is 11.1. The maximum absolute atomic E-state index is 14.7. The molecular formula is C30H35FN6O6S. The molecule has 0 spiro atoms. The number of methoxy groups -OCH3 is 1. The lowest BCUT2D eigenvalue weighted by molar-refractivity contribution is -0.130. The van der Waals surface area contributed by atoms with E-state index in [0.717, 1.165) is 17.4 Å². The maximum Gasteiger partial charge on any atom is 0.332 e. The summed E-state index contributed by atoms with van der Waals surface area (Å²) in [4.78, 5) is 42.7. The van der Waals surface area contributed by atoms with E-state index in [1.165, 1.54) is 58.4 Å². The summed E-state index contributed by atoms with van der Waals surface area (Å²) < 4.78 is 35.2. The standard InChI is InChI=1S/C30H35FN6O6S/c1-4-5-12-42-19-14-20(15-19)43-24(21-13-18(31)6-7-23(21)41-3)16-35-29-25(17(2)28(44-29)37-33-10-11-34-37)27(39)36(30(35)40)22-8-9-32-26(22)38/h6-7,10-11,13,19-20,22,24H,4-5,8-9,12,14-16H2,1-3H3,(H,32,38)/t19?,20?,22-,24+/m1/s1. The molecule has 1 N–H and O–H groups in total.